The first-order valence-electron chi connectivity index (χ1n) is 23.9. The van der Waals surface area contributed by atoms with Gasteiger partial charge in [-0.2, -0.15) is 0 Å². The van der Waals surface area contributed by atoms with E-state index in [1.54, 1.807) is 26.1 Å². The smallest absolute Gasteiger partial charge is 0.326 e. The summed E-state index contributed by atoms with van der Waals surface area (Å²) >= 11 is 0. The Morgan fingerprint density at radius 3 is 2.07 bits per heavy atom. The summed E-state index contributed by atoms with van der Waals surface area (Å²) in [4.78, 5) is 116. The quantitative estimate of drug-likeness (QED) is 0.0507. The Morgan fingerprint density at radius 1 is 0.808 bits per heavy atom. The van der Waals surface area contributed by atoms with Gasteiger partial charge in [0.15, 0.2) is 5.78 Å². The second-order valence-electron chi connectivity index (χ2n) is 19.4. The van der Waals surface area contributed by atoms with E-state index in [1.807, 2.05) is 55.7 Å². The predicted molar refractivity (Wildman–Crippen MR) is 263 cm³/mol. The van der Waals surface area contributed by atoms with Crippen LogP contribution in [0.3, 0.4) is 0 Å². The third-order valence-corrected chi connectivity index (χ3v) is 12.2. The summed E-state index contributed by atoms with van der Waals surface area (Å²) < 4.78 is 31.4. The van der Waals surface area contributed by atoms with Crippen LogP contribution in [-0.2, 0) is 49.7 Å². The molecule has 0 aliphatic carbocycles. The van der Waals surface area contributed by atoms with Gasteiger partial charge in [-0.25, -0.2) is 13.6 Å². The minimum absolute atomic E-state index is 0.0149. The number of carboxylic acid groups (broad SMARTS) is 1. The average Bonchev–Trinajstić information content (AvgIpc) is 3.88. The summed E-state index contributed by atoms with van der Waals surface area (Å²) in [6, 6.07) is 7.33. The fourth-order valence-electron chi connectivity index (χ4n) is 8.25. The van der Waals surface area contributed by atoms with E-state index in [-0.39, 0.29) is 50.8 Å². The highest BCUT2D eigenvalue weighted by Gasteiger charge is 2.38. The van der Waals surface area contributed by atoms with Crippen molar-refractivity contribution in [2.24, 2.45) is 22.8 Å². The lowest BCUT2D eigenvalue weighted by Crippen LogP contribution is -2.57. The Morgan fingerprint density at radius 2 is 1.47 bits per heavy atom. The van der Waals surface area contributed by atoms with Gasteiger partial charge in [-0.1, -0.05) is 65.0 Å². The van der Waals surface area contributed by atoms with Gasteiger partial charge in [0, 0.05) is 61.2 Å². The van der Waals surface area contributed by atoms with Crippen LogP contribution in [-0.4, -0.2) is 134 Å². The molecule has 0 radical (unpaired) electrons. The molecule has 0 bridgehead atoms. The number of aliphatic hydroxyl groups is 1. The van der Waals surface area contributed by atoms with Crippen molar-refractivity contribution in [2.75, 3.05) is 26.2 Å². The number of nitrogens with two attached hydrogens (primary N) is 2. The van der Waals surface area contributed by atoms with E-state index in [9.17, 15) is 57.8 Å². The van der Waals surface area contributed by atoms with Crippen LogP contribution in [0.1, 0.15) is 90.9 Å². The molecular formula is C51H67F2N9O11. The van der Waals surface area contributed by atoms with Crippen LogP contribution in [0.2, 0.25) is 0 Å². The van der Waals surface area contributed by atoms with Crippen molar-refractivity contribution in [3.05, 3.63) is 95.8 Å². The van der Waals surface area contributed by atoms with Crippen molar-refractivity contribution in [1.82, 2.24) is 35.6 Å². The molecule has 22 heteroatoms. The number of carbonyl (C=O) groups is 9. The first-order valence-corrected chi connectivity index (χ1v) is 23.9. The first kappa shape index (κ1) is 58.4. The van der Waals surface area contributed by atoms with E-state index < -0.39 is 125 Å². The van der Waals surface area contributed by atoms with Gasteiger partial charge in [0.1, 0.15) is 42.9 Å². The van der Waals surface area contributed by atoms with Gasteiger partial charge in [-0.3, -0.25) is 43.3 Å². The molecule has 1 aliphatic heterocycles. The molecule has 20 nitrogen and oxygen atoms in total. The highest BCUT2D eigenvalue weighted by molar-refractivity contribution is 6.14. The van der Waals surface area contributed by atoms with Crippen molar-refractivity contribution in [2.45, 2.75) is 116 Å². The summed E-state index contributed by atoms with van der Waals surface area (Å²) in [6.45, 7) is 8.73. The number of hydrogen-bond acceptors (Lipinski definition) is 12. The lowest BCUT2D eigenvalue weighted by atomic mass is 9.82. The molecule has 73 heavy (non-hydrogen) atoms. The summed E-state index contributed by atoms with van der Waals surface area (Å²) in [5, 5.41) is 29.8. The number of aliphatic carboxylic acids is 1. The zero-order chi connectivity index (χ0) is 54.3. The third kappa shape index (κ3) is 16.7. The molecular weight excluding hydrogens is 953 g/mol. The van der Waals surface area contributed by atoms with E-state index in [0.717, 1.165) is 35.9 Å². The van der Waals surface area contributed by atoms with Crippen LogP contribution >= 0.6 is 0 Å². The monoisotopic (exact) mass is 1020 g/mol. The van der Waals surface area contributed by atoms with E-state index in [4.69, 9.17) is 11.5 Å². The summed E-state index contributed by atoms with van der Waals surface area (Å²) in [5.41, 5.74) is 13.5. The van der Waals surface area contributed by atoms with Crippen LogP contribution in [0.4, 0.5) is 8.78 Å². The van der Waals surface area contributed by atoms with Gasteiger partial charge in [-0.05, 0) is 73.8 Å². The summed E-state index contributed by atoms with van der Waals surface area (Å²) in [7, 11) is 0. The van der Waals surface area contributed by atoms with Crippen molar-refractivity contribution in [3.8, 4) is 11.1 Å². The van der Waals surface area contributed by atoms with Crippen LogP contribution in [0, 0.1) is 23.0 Å². The van der Waals surface area contributed by atoms with Crippen molar-refractivity contribution >= 4 is 53.1 Å². The number of hydrogen-bond donors (Lipinski definition) is 8. The molecule has 2 heterocycles. The van der Waals surface area contributed by atoms with Crippen molar-refractivity contribution in [1.29, 1.82) is 0 Å². The Bertz CT molecular complexity index is 2510. The number of nitrogens with zero attached hydrogens (tertiary/aromatic N) is 3. The molecule has 1 aliphatic rings. The first-order chi connectivity index (χ1) is 34.3. The normalized spacial score (nSPS) is 15.0. The van der Waals surface area contributed by atoms with E-state index >= 15 is 4.39 Å². The molecule has 0 saturated heterocycles. The minimum Gasteiger partial charge on any atom is -0.480 e. The Hall–Kier alpha value is -7.17. The standard InChI is InChI=1S/C51H67F2N9O11/c1-29(2)45(59-41(65)27-62-42(66)17-18-43(62)67)49(71)57-30(3)47(69)58-38(50(72)73)14-10-13-36(54)40(64)19-21-56-48(70)37(55)20-22-61(44(68)28-63)46(51(4,5)6)39-23-32(34-24-33(52)15-16-35(34)53)26-60(39)25-31-11-8-7-9-12-31/h7-9,11-12,15-18,23-24,26,29-30,36-38,45-46,63H,10,13-14,19-22,25,27-28,54-55H2,1-6H3,(H,56,70)(H,57,71)(H,58,69)(H,59,65)(H,72,73)/t30-,36?,37-,38-,45-,46-/m0/s1. The largest absolute Gasteiger partial charge is 0.480 e. The van der Waals surface area contributed by atoms with Gasteiger partial charge >= 0.3 is 5.97 Å². The number of benzene rings is 2. The van der Waals surface area contributed by atoms with E-state index in [2.05, 4.69) is 21.3 Å². The maximum absolute atomic E-state index is 15.1. The molecule has 7 amide bonds. The highest BCUT2D eigenvalue weighted by atomic mass is 19.1. The number of Topliss-reactive ketones (excluding diaryl/α,β-unsaturated/α-hetero) is 1. The maximum atomic E-state index is 15.1. The molecule has 396 valence electrons. The van der Waals surface area contributed by atoms with Gasteiger partial charge in [0.25, 0.3) is 11.8 Å². The van der Waals surface area contributed by atoms with Crippen molar-refractivity contribution < 1.29 is 62.1 Å². The fourth-order valence-corrected chi connectivity index (χ4v) is 8.25. The number of rotatable bonds is 27. The van der Waals surface area contributed by atoms with Gasteiger partial charge < -0.3 is 52.4 Å². The Kier molecular flexibility index (Phi) is 21.2. The molecule has 2 aromatic carbocycles. The average molecular weight is 1020 g/mol. The van der Waals surface area contributed by atoms with Gasteiger partial charge in [0.2, 0.25) is 29.5 Å². The van der Waals surface area contributed by atoms with Gasteiger partial charge in [0.05, 0.1) is 18.1 Å². The molecule has 3 aromatic rings. The molecule has 4 rings (SSSR count). The second-order valence-corrected chi connectivity index (χ2v) is 19.4. The maximum Gasteiger partial charge on any atom is 0.326 e. The lowest BCUT2D eigenvalue weighted by molar-refractivity contribution is -0.142. The number of nitrogens with one attached hydrogen (secondary N) is 4. The SMILES string of the molecule is CC(C)[C@H](NC(=O)CN1C(=O)C=CC1=O)C(=O)N[C@@H](C)C(=O)N[C@@H](CCCC(N)C(=O)CCNC(=O)[C@@H](N)CCN(C(=O)CO)[C@@H](c1cc(-c2cc(F)ccc2F)cn1Cc1ccccc1)C(C)(C)C)C(=O)O. The van der Waals surface area contributed by atoms with Crippen LogP contribution in [0.15, 0.2) is 72.9 Å². The molecule has 6 atom stereocenters. The molecule has 1 unspecified atom stereocenters. The Labute approximate surface area is 422 Å². The number of halogens is 2. The predicted octanol–water partition coefficient (Wildman–Crippen LogP) is 1.82. The zero-order valence-electron chi connectivity index (χ0n) is 41.9. The number of aliphatic hydroxyl groups excluding tert-OH is 1. The molecule has 0 spiro atoms. The van der Waals surface area contributed by atoms with Crippen LogP contribution in [0.25, 0.3) is 11.1 Å². The van der Waals surface area contributed by atoms with E-state index in [0.29, 0.717) is 22.7 Å². The molecule has 0 fully saturated rings. The third-order valence-electron chi connectivity index (χ3n) is 12.2. The topological polar surface area (TPSA) is 306 Å². The number of aromatic nitrogens is 1. The van der Waals surface area contributed by atoms with Crippen molar-refractivity contribution in [3.63, 3.8) is 0 Å². The fraction of sp³-hybridized carbons (Fsp3) is 0.471. The highest BCUT2D eigenvalue weighted by Crippen LogP contribution is 2.41. The molecule has 1 aromatic heterocycles. The van der Waals surface area contributed by atoms with Crippen LogP contribution < -0.4 is 32.7 Å². The Balaban J connectivity index is 1.29. The lowest BCUT2D eigenvalue weighted by Gasteiger charge is -2.41. The van der Waals surface area contributed by atoms with E-state index in [1.165, 1.54) is 11.8 Å². The van der Waals surface area contributed by atoms with Crippen LogP contribution in [0.5, 0.6) is 0 Å². The minimum atomic E-state index is -1.43. The summed E-state index contributed by atoms with van der Waals surface area (Å²) in [5.74, 6) is -8.71. The van der Waals surface area contributed by atoms with Gasteiger partial charge in [-0.15, -0.1) is 0 Å². The number of imide groups is 1. The summed E-state index contributed by atoms with van der Waals surface area (Å²) in [6.07, 6.45) is 3.39. The second kappa shape index (κ2) is 26.5. The number of carboxylic acids is 1. The number of amides is 7. The number of carbonyl (C=O) groups excluding carboxylic acids is 8. The molecule has 10 N–H and O–H groups in total. The molecule has 0 saturated carbocycles. The zero-order valence-corrected chi connectivity index (χ0v) is 41.9. The number of ketones is 1.